The van der Waals surface area contributed by atoms with E-state index in [1.165, 1.54) is 16.2 Å². The van der Waals surface area contributed by atoms with Crippen molar-refractivity contribution in [2.45, 2.75) is 0 Å². The summed E-state index contributed by atoms with van der Waals surface area (Å²) in [5.41, 5.74) is 6.79. The molecule has 0 bridgehead atoms. The van der Waals surface area contributed by atoms with Gasteiger partial charge in [0.1, 0.15) is 0 Å². The van der Waals surface area contributed by atoms with Gasteiger partial charge >= 0.3 is 0 Å². The molecule has 3 aromatic rings. The Balaban J connectivity index is 2.58. The summed E-state index contributed by atoms with van der Waals surface area (Å²) in [4.78, 5) is 0. The summed E-state index contributed by atoms with van der Waals surface area (Å²) in [5, 5.41) is 5.52. The van der Waals surface area contributed by atoms with Crippen LogP contribution < -0.4 is 5.73 Å². The van der Waals surface area contributed by atoms with Crippen molar-refractivity contribution in [3.05, 3.63) is 51.1 Å². The molecule has 2 N–H and O–H groups in total. The van der Waals surface area contributed by atoms with Gasteiger partial charge in [0.25, 0.3) is 0 Å². The Morgan fingerprint density at radius 2 is 1.65 bits per heavy atom. The van der Waals surface area contributed by atoms with Crippen LogP contribution in [0.4, 0.5) is 5.69 Å². The Labute approximate surface area is 118 Å². The Bertz CT molecular complexity index is 737. The zero-order chi connectivity index (χ0) is 12.0. The van der Waals surface area contributed by atoms with Crippen LogP contribution in [0.15, 0.2) is 42.5 Å². The van der Waals surface area contributed by atoms with E-state index in [1.807, 2.05) is 18.2 Å². The third-order valence-corrected chi connectivity index (χ3v) is 4.33. The number of fused-ring (bicyclic) bond motifs is 3. The molecule has 0 unspecified atom stereocenters. The predicted molar refractivity (Wildman–Crippen MR) is 83.6 cm³/mol. The first-order valence-electron chi connectivity index (χ1n) is 5.23. The van der Waals surface area contributed by atoms with Crippen molar-refractivity contribution >= 4 is 61.4 Å². The van der Waals surface area contributed by atoms with E-state index in [2.05, 4.69) is 46.9 Å². The Morgan fingerprint density at radius 3 is 2.47 bits per heavy atom. The number of anilines is 1. The van der Waals surface area contributed by atoms with Crippen molar-refractivity contribution in [3.63, 3.8) is 0 Å². The fourth-order valence-corrected chi connectivity index (χ4v) is 3.06. The van der Waals surface area contributed by atoms with Crippen LogP contribution in [-0.2, 0) is 0 Å². The standard InChI is InChI=1S/C14H9ClIN/c15-10-4-5-11-9(7-10)2-1-8-3-6-12(17)14(16)13(8)11/h1-7H,17H2. The highest BCUT2D eigenvalue weighted by Crippen LogP contribution is 2.33. The zero-order valence-corrected chi connectivity index (χ0v) is 11.8. The summed E-state index contributed by atoms with van der Waals surface area (Å²) in [6, 6.07) is 14.2. The number of hydrogen-bond acceptors (Lipinski definition) is 1. The molecule has 3 rings (SSSR count). The second-order valence-electron chi connectivity index (χ2n) is 4.00. The SMILES string of the molecule is Nc1ccc2ccc3cc(Cl)ccc3c2c1I. The average Bonchev–Trinajstić information content (AvgIpc) is 2.33. The van der Waals surface area contributed by atoms with E-state index in [1.54, 1.807) is 0 Å². The van der Waals surface area contributed by atoms with Crippen molar-refractivity contribution in [3.8, 4) is 0 Å². The Morgan fingerprint density at radius 1 is 0.941 bits per heavy atom. The Kier molecular flexibility index (Phi) is 2.64. The van der Waals surface area contributed by atoms with Crippen LogP contribution in [0.5, 0.6) is 0 Å². The van der Waals surface area contributed by atoms with Crippen LogP contribution in [0.2, 0.25) is 5.02 Å². The second-order valence-corrected chi connectivity index (χ2v) is 5.51. The lowest BCUT2D eigenvalue weighted by atomic mass is 10.0. The highest BCUT2D eigenvalue weighted by Gasteiger charge is 2.06. The molecule has 84 valence electrons. The molecule has 0 saturated heterocycles. The summed E-state index contributed by atoms with van der Waals surface area (Å²) in [7, 11) is 0. The van der Waals surface area contributed by atoms with Crippen molar-refractivity contribution in [1.82, 2.24) is 0 Å². The van der Waals surface area contributed by atoms with E-state index < -0.39 is 0 Å². The zero-order valence-electron chi connectivity index (χ0n) is 8.87. The average molecular weight is 354 g/mol. The van der Waals surface area contributed by atoms with Crippen LogP contribution in [0.1, 0.15) is 0 Å². The van der Waals surface area contributed by atoms with Gasteiger partial charge in [-0.1, -0.05) is 35.9 Å². The molecule has 0 aromatic heterocycles. The molecule has 0 aliphatic carbocycles. The van der Waals surface area contributed by atoms with E-state index in [9.17, 15) is 0 Å². The largest absolute Gasteiger partial charge is 0.398 e. The fourth-order valence-electron chi connectivity index (χ4n) is 2.10. The molecule has 1 nitrogen and oxygen atoms in total. The summed E-state index contributed by atoms with van der Waals surface area (Å²) in [6.07, 6.45) is 0. The molecule has 0 saturated carbocycles. The van der Waals surface area contributed by atoms with Gasteiger partial charge in [0.15, 0.2) is 0 Å². The van der Waals surface area contributed by atoms with Crippen LogP contribution in [0, 0.1) is 3.57 Å². The molecule has 0 spiro atoms. The first kappa shape index (κ1) is 11.1. The highest BCUT2D eigenvalue weighted by atomic mass is 127. The van der Waals surface area contributed by atoms with E-state index in [0.29, 0.717) is 0 Å². The van der Waals surface area contributed by atoms with Gasteiger partial charge in [0.2, 0.25) is 0 Å². The first-order chi connectivity index (χ1) is 8.16. The molecule has 0 atom stereocenters. The van der Waals surface area contributed by atoms with E-state index >= 15 is 0 Å². The molecule has 3 aromatic carbocycles. The van der Waals surface area contributed by atoms with Gasteiger partial charge in [-0.05, 0) is 56.9 Å². The molecule has 0 fully saturated rings. The highest BCUT2D eigenvalue weighted by molar-refractivity contribution is 14.1. The number of nitrogens with two attached hydrogens (primary N) is 1. The summed E-state index contributed by atoms with van der Waals surface area (Å²) in [5.74, 6) is 0. The minimum atomic E-state index is 0.760. The van der Waals surface area contributed by atoms with Crippen molar-refractivity contribution in [1.29, 1.82) is 0 Å². The minimum Gasteiger partial charge on any atom is -0.398 e. The van der Waals surface area contributed by atoms with Gasteiger partial charge < -0.3 is 5.73 Å². The van der Waals surface area contributed by atoms with Gasteiger partial charge in [-0.25, -0.2) is 0 Å². The number of nitrogen functional groups attached to an aromatic ring is 1. The topological polar surface area (TPSA) is 26.0 Å². The van der Waals surface area contributed by atoms with Crippen LogP contribution in [0.3, 0.4) is 0 Å². The fraction of sp³-hybridized carbons (Fsp3) is 0. The van der Waals surface area contributed by atoms with Crippen molar-refractivity contribution in [2.24, 2.45) is 0 Å². The molecule has 0 amide bonds. The lowest BCUT2D eigenvalue weighted by molar-refractivity contribution is 1.70. The second kappa shape index (κ2) is 4.03. The maximum Gasteiger partial charge on any atom is 0.0456 e. The molecule has 0 aliphatic heterocycles. The van der Waals surface area contributed by atoms with Crippen LogP contribution >= 0.6 is 34.2 Å². The molecule has 3 heteroatoms. The maximum absolute atomic E-state index is 6.01. The van der Waals surface area contributed by atoms with Gasteiger partial charge in [0.05, 0.1) is 0 Å². The van der Waals surface area contributed by atoms with Gasteiger partial charge in [0, 0.05) is 19.7 Å². The normalized spacial score (nSPS) is 11.2. The quantitative estimate of drug-likeness (QED) is 0.349. The maximum atomic E-state index is 6.01. The smallest absolute Gasteiger partial charge is 0.0456 e. The summed E-state index contributed by atoms with van der Waals surface area (Å²) < 4.78 is 1.10. The van der Waals surface area contributed by atoms with E-state index in [4.69, 9.17) is 17.3 Å². The third kappa shape index (κ3) is 1.76. The first-order valence-corrected chi connectivity index (χ1v) is 6.68. The number of rotatable bonds is 0. The molecular weight excluding hydrogens is 345 g/mol. The summed E-state index contributed by atoms with van der Waals surface area (Å²) in [6.45, 7) is 0. The Hall–Kier alpha value is -1.000. The number of benzene rings is 3. The third-order valence-electron chi connectivity index (χ3n) is 2.93. The lowest BCUT2D eigenvalue weighted by Crippen LogP contribution is -1.90. The van der Waals surface area contributed by atoms with Gasteiger partial charge in [-0.3, -0.25) is 0 Å². The number of halogens is 2. The molecule has 17 heavy (non-hydrogen) atoms. The van der Waals surface area contributed by atoms with E-state index in [-0.39, 0.29) is 0 Å². The van der Waals surface area contributed by atoms with E-state index in [0.717, 1.165) is 19.7 Å². The van der Waals surface area contributed by atoms with Gasteiger partial charge in [-0.15, -0.1) is 0 Å². The van der Waals surface area contributed by atoms with Gasteiger partial charge in [-0.2, -0.15) is 0 Å². The molecule has 0 radical (unpaired) electrons. The molecule has 0 aliphatic rings. The predicted octanol–water partition coefficient (Wildman–Crippen LogP) is 4.83. The number of hydrogen-bond donors (Lipinski definition) is 1. The summed E-state index contributed by atoms with van der Waals surface area (Å²) >= 11 is 8.32. The monoisotopic (exact) mass is 353 g/mol. The van der Waals surface area contributed by atoms with Crippen molar-refractivity contribution in [2.75, 3.05) is 5.73 Å². The van der Waals surface area contributed by atoms with Crippen molar-refractivity contribution < 1.29 is 0 Å². The molecular formula is C14H9ClIN. The lowest BCUT2D eigenvalue weighted by Gasteiger charge is -2.08. The molecule has 0 heterocycles. The minimum absolute atomic E-state index is 0.760. The van der Waals surface area contributed by atoms with Crippen LogP contribution in [0.25, 0.3) is 21.5 Å². The van der Waals surface area contributed by atoms with Crippen LogP contribution in [-0.4, -0.2) is 0 Å².